The maximum Gasteiger partial charge on any atom is 0.164 e. The molecule has 2 aliphatic heterocycles. The summed E-state index contributed by atoms with van der Waals surface area (Å²) in [6.45, 7) is 0. The summed E-state index contributed by atoms with van der Waals surface area (Å²) in [6, 6.07) is 14.8. The number of halogens is 2. The number of rotatable bonds is 3. The maximum absolute atomic E-state index is 12.1. The van der Waals surface area contributed by atoms with E-state index in [9.17, 15) is 8.42 Å². The molecule has 0 amide bonds. The van der Waals surface area contributed by atoms with Crippen LogP contribution in [0.5, 0.6) is 0 Å². The molecule has 8 heteroatoms. The Morgan fingerprint density at radius 1 is 1.08 bits per heavy atom. The molecule has 1 saturated heterocycles. The first-order valence-corrected chi connectivity index (χ1v) is 11.7. The third-order valence-electron chi connectivity index (χ3n) is 4.45. The Labute approximate surface area is 167 Å². The highest BCUT2D eigenvalue weighted by Gasteiger charge is 2.47. The third kappa shape index (κ3) is 3.74. The highest BCUT2D eigenvalue weighted by molar-refractivity contribution is 8.13. The lowest BCUT2D eigenvalue weighted by Gasteiger charge is -2.26. The van der Waals surface area contributed by atoms with Crippen molar-refractivity contribution in [2.75, 3.05) is 16.4 Å². The van der Waals surface area contributed by atoms with Crippen molar-refractivity contribution in [1.82, 2.24) is 0 Å². The largest absolute Gasteiger partial charge is 0.315 e. The van der Waals surface area contributed by atoms with Crippen LogP contribution < -0.4 is 4.90 Å². The van der Waals surface area contributed by atoms with Crippen molar-refractivity contribution in [2.24, 2.45) is 4.99 Å². The summed E-state index contributed by atoms with van der Waals surface area (Å²) in [5.74, 6) is 0.938. The van der Waals surface area contributed by atoms with Gasteiger partial charge in [0.15, 0.2) is 15.0 Å². The summed E-state index contributed by atoms with van der Waals surface area (Å²) < 4.78 is 24.1. The second-order valence-electron chi connectivity index (χ2n) is 6.39. The predicted molar refractivity (Wildman–Crippen MR) is 110 cm³/mol. The van der Waals surface area contributed by atoms with E-state index in [1.807, 2.05) is 47.4 Å². The van der Waals surface area contributed by atoms with Crippen molar-refractivity contribution >= 4 is 55.7 Å². The number of aliphatic imine (C=N–C) groups is 1. The van der Waals surface area contributed by atoms with Crippen LogP contribution >= 0.6 is 35.0 Å². The first-order valence-electron chi connectivity index (χ1n) is 8.11. The van der Waals surface area contributed by atoms with Gasteiger partial charge in [-0.05, 0) is 35.9 Å². The second-order valence-corrected chi connectivity index (χ2v) is 10.4. The van der Waals surface area contributed by atoms with Gasteiger partial charge in [0, 0.05) is 21.5 Å². The zero-order valence-electron chi connectivity index (χ0n) is 13.7. The molecule has 1 fully saturated rings. The van der Waals surface area contributed by atoms with Crippen LogP contribution in [0.1, 0.15) is 5.56 Å². The molecule has 0 saturated carbocycles. The Morgan fingerprint density at radius 2 is 1.81 bits per heavy atom. The van der Waals surface area contributed by atoms with E-state index < -0.39 is 9.84 Å². The van der Waals surface area contributed by atoms with Crippen LogP contribution in [0.4, 0.5) is 5.69 Å². The van der Waals surface area contributed by atoms with Crippen molar-refractivity contribution in [3.63, 3.8) is 0 Å². The number of amidine groups is 1. The molecule has 2 aliphatic rings. The first-order chi connectivity index (χ1) is 12.4. The minimum atomic E-state index is -3.06. The van der Waals surface area contributed by atoms with E-state index in [0.29, 0.717) is 15.8 Å². The molecule has 0 aliphatic carbocycles. The standard InChI is InChI=1S/C18H16Cl2N2O2S2/c19-13-4-1-3-12(7-13)9-25-18-21-16-10-26(23,24)11-17(16)22(18)15-6-2-5-14(20)8-15/h1-8,16-17H,9-11H2/t16-,17+/m0/s1. The summed E-state index contributed by atoms with van der Waals surface area (Å²) in [5, 5.41) is 2.15. The van der Waals surface area contributed by atoms with Gasteiger partial charge in [-0.25, -0.2) is 8.42 Å². The van der Waals surface area contributed by atoms with E-state index in [0.717, 1.165) is 16.4 Å². The normalized spacial score (nSPS) is 23.8. The number of fused-ring (bicyclic) bond motifs is 1. The molecular formula is C18H16Cl2N2O2S2. The van der Waals surface area contributed by atoms with Crippen molar-refractivity contribution in [1.29, 1.82) is 0 Å². The van der Waals surface area contributed by atoms with Gasteiger partial charge in [-0.15, -0.1) is 0 Å². The van der Waals surface area contributed by atoms with E-state index in [4.69, 9.17) is 28.2 Å². The molecule has 0 N–H and O–H groups in total. The fourth-order valence-corrected chi connectivity index (χ4v) is 6.64. The van der Waals surface area contributed by atoms with E-state index in [2.05, 4.69) is 0 Å². The van der Waals surface area contributed by atoms with E-state index in [1.54, 1.807) is 17.8 Å². The van der Waals surface area contributed by atoms with Gasteiger partial charge < -0.3 is 4.90 Å². The lowest BCUT2D eigenvalue weighted by Crippen LogP contribution is -2.39. The Bertz CT molecular complexity index is 979. The molecule has 0 spiro atoms. The molecule has 4 rings (SSSR count). The van der Waals surface area contributed by atoms with Gasteiger partial charge in [0.1, 0.15) is 0 Å². The predicted octanol–water partition coefficient (Wildman–Crippen LogP) is 4.27. The molecule has 2 aromatic carbocycles. The van der Waals surface area contributed by atoms with Crippen LogP contribution in [0.15, 0.2) is 53.5 Å². The van der Waals surface area contributed by atoms with Crippen LogP contribution in [-0.4, -0.2) is 37.2 Å². The maximum atomic E-state index is 12.1. The number of hydrogen-bond acceptors (Lipinski definition) is 5. The lowest BCUT2D eigenvalue weighted by molar-refractivity contribution is 0.601. The molecule has 2 atom stereocenters. The molecular weight excluding hydrogens is 411 g/mol. The van der Waals surface area contributed by atoms with Crippen molar-refractivity contribution in [2.45, 2.75) is 17.8 Å². The van der Waals surface area contributed by atoms with Gasteiger partial charge in [0.05, 0.1) is 23.6 Å². The van der Waals surface area contributed by atoms with Gasteiger partial charge in [0.2, 0.25) is 0 Å². The van der Waals surface area contributed by atoms with Gasteiger partial charge in [-0.1, -0.05) is 53.2 Å². The molecule has 4 nitrogen and oxygen atoms in total. The molecule has 2 aromatic rings. The fraction of sp³-hybridized carbons (Fsp3) is 0.278. The molecule has 26 heavy (non-hydrogen) atoms. The van der Waals surface area contributed by atoms with Crippen molar-refractivity contribution < 1.29 is 8.42 Å². The fourth-order valence-electron chi connectivity index (χ4n) is 3.34. The van der Waals surface area contributed by atoms with Crippen LogP contribution in [0.2, 0.25) is 10.0 Å². The summed E-state index contributed by atoms with van der Waals surface area (Å²) >= 11 is 13.8. The average Bonchev–Trinajstić information content (AvgIpc) is 3.04. The van der Waals surface area contributed by atoms with E-state index in [-0.39, 0.29) is 23.6 Å². The number of benzene rings is 2. The summed E-state index contributed by atoms with van der Waals surface area (Å²) in [5.41, 5.74) is 1.97. The second kappa shape index (κ2) is 7.08. The average molecular weight is 427 g/mol. The third-order valence-corrected chi connectivity index (χ3v) is 7.66. The Morgan fingerprint density at radius 3 is 2.54 bits per heavy atom. The highest BCUT2D eigenvalue weighted by Crippen LogP contribution is 2.36. The quantitative estimate of drug-likeness (QED) is 0.734. The first kappa shape index (κ1) is 18.2. The zero-order chi connectivity index (χ0) is 18.3. The smallest absolute Gasteiger partial charge is 0.164 e. The minimum Gasteiger partial charge on any atom is -0.315 e. The number of anilines is 1. The van der Waals surface area contributed by atoms with Crippen LogP contribution in [0.3, 0.4) is 0 Å². The topological polar surface area (TPSA) is 49.7 Å². The van der Waals surface area contributed by atoms with Crippen LogP contribution in [0.25, 0.3) is 0 Å². The van der Waals surface area contributed by atoms with Crippen molar-refractivity contribution in [3.8, 4) is 0 Å². The van der Waals surface area contributed by atoms with Gasteiger partial charge in [-0.2, -0.15) is 0 Å². The zero-order valence-corrected chi connectivity index (χ0v) is 16.8. The van der Waals surface area contributed by atoms with Gasteiger partial charge >= 0.3 is 0 Å². The van der Waals surface area contributed by atoms with Gasteiger partial charge in [-0.3, -0.25) is 4.99 Å². The molecule has 0 bridgehead atoms. The summed E-state index contributed by atoms with van der Waals surface area (Å²) in [4.78, 5) is 6.75. The minimum absolute atomic E-state index is 0.107. The molecule has 2 heterocycles. The summed E-state index contributed by atoms with van der Waals surface area (Å²) in [6.07, 6.45) is 0. The lowest BCUT2D eigenvalue weighted by atomic mass is 10.1. The SMILES string of the molecule is O=S1(=O)C[C@@H]2N=C(SCc3cccc(Cl)c3)N(c3cccc(Cl)c3)[C@@H]2C1. The Balaban J connectivity index is 1.63. The molecule has 136 valence electrons. The van der Waals surface area contributed by atoms with Crippen molar-refractivity contribution in [3.05, 3.63) is 64.1 Å². The molecule has 0 unspecified atom stereocenters. The number of thioether (sulfide) groups is 1. The number of nitrogens with zero attached hydrogens (tertiary/aromatic N) is 2. The number of sulfone groups is 1. The molecule has 0 radical (unpaired) electrons. The van der Waals surface area contributed by atoms with E-state index >= 15 is 0 Å². The Hall–Kier alpha value is -1.21. The monoisotopic (exact) mass is 426 g/mol. The molecule has 0 aromatic heterocycles. The van der Waals surface area contributed by atoms with Gasteiger partial charge in [0.25, 0.3) is 0 Å². The Kier molecular flexibility index (Phi) is 4.94. The van der Waals surface area contributed by atoms with Crippen LogP contribution in [0, 0.1) is 0 Å². The van der Waals surface area contributed by atoms with E-state index in [1.165, 1.54) is 0 Å². The number of hydrogen-bond donors (Lipinski definition) is 0. The summed E-state index contributed by atoms with van der Waals surface area (Å²) in [7, 11) is -3.06. The van der Waals surface area contributed by atoms with Crippen LogP contribution in [-0.2, 0) is 15.6 Å². The highest BCUT2D eigenvalue weighted by atomic mass is 35.5.